The first-order chi connectivity index (χ1) is 13.0. The third kappa shape index (κ3) is 5.68. The maximum Gasteiger partial charge on any atom is 0.326 e. The van der Waals surface area contributed by atoms with Crippen molar-refractivity contribution in [3.05, 3.63) is 29.3 Å². The smallest absolute Gasteiger partial charge is 0.326 e. The first-order valence-electron chi connectivity index (χ1n) is 8.67. The van der Waals surface area contributed by atoms with Crippen molar-refractivity contribution in [2.75, 3.05) is 14.2 Å². The molecule has 1 heterocycles. The van der Waals surface area contributed by atoms with Crippen molar-refractivity contribution < 1.29 is 24.2 Å². The van der Waals surface area contributed by atoms with Gasteiger partial charge in [-0.05, 0) is 24.6 Å². The van der Waals surface area contributed by atoms with Crippen LogP contribution < -0.4 is 14.8 Å². The van der Waals surface area contributed by atoms with E-state index in [0.29, 0.717) is 23.6 Å². The van der Waals surface area contributed by atoms with Crippen molar-refractivity contribution in [2.24, 2.45) is 0 Å². The maximum absolute atomic E-state index is 12.2. The Hall–Kier alpha value is -2.61. The zero-order chi connectivity index (χ0) is 19.8. The van der Waals surface area contributed by atoms with E-state index in [0.717, 1.165) is 23.4 Å². The summed E-state index contributed by atoms with van der Waals surface area (Å²) in [5.41, 5.74) is 1.46. The van der Waals surface area contributed by atoms with Crippen LogP contribution in [0.1, 0.15) is 31.9 Å². The molecular formula is C19H24N2O5S. The second-order valence-corrected chi connectivity index (χ2v) is 6.85. The number of amides is 1. The lowest BCUT2D eigenvalue weighted by atomic mass is 10.1. The molecule has 1 amide bonds. The minimum Gasteiger partial charge on any atom is -0.493 e. The molecule has 27 heavy (non-hydrogen) atoms. The summed E-state index contributed by atoms with van der Waals surface area (Å²) in [6, 6.07) is 4.64. The topological polar surface area (TPSA) is 97.8 Å². The summed E-state index contributed by atoms with van der Waals surface area (Å²) in [5, 5.41) is 14.3. The van der Waals surface area contributed by atoms with Crippen LogP contribution in [-0.2, 0) is 16.0 Å². The van der Waals surface area contributed by atoms with Gasteiger partial charge in [0.15, 0.2) is 11.5 Å². The van der Waals surface area contributed by atoms with E-state index in [4.69, 9.17) is 9.47 Å². The fourth-order valence-corrected chi connectivity index (χ4v) is 3.38. The summed E-state index contributed by atoms with van der Waals surface area (Å²) in [6.45, 7) is 1.98. The number of aliphatic carboxylic acids is 1. The summed E-state index contributed by atoms with van der Waals surface area (Å²) in [7, 11) is 3.14. The van der Waals surface area contributed by atoms with Gasteiger partial charge in [-0.1, -0.05) is 19.8 Å². The third-order valence-corrected chi connectivity index (χ3v) is 4.94. The number of hydrogen-bond donors (Lipinski definition) is 2. The molecule has 0 radical (unpaired) electrons. The summed E-state index contributed by atoms with van der Waals surface area (Å²) >= 11 is 1.41. The quantitative estimate of drug-likeness (QED) is 0.645. The second kappa shape index (κ2) is 9.91. The minimum atomic E-state index is -1.01. The molecule has 2 aromatic rings. The Morgan fingerprint density at radius 2 is 2.00 bits per heavy atom. The lowest BCUT2D eigenvalue weighted by molar-refractivity contribution is -0.142. The van der Waals surface area contributed by atoms with Crippen LogP contribution in [0.2, 0.25) is 0 Å². The molecule has 0 aliphatic carbocycles. The molecule has 0 saturated carbocycles. The number of methoxy groups -OCH3 is 2. The number of unbranched alkanes of at least 4 members (excludes halogenated alkanes) is 1. The molecule has 0 fully saturated rings. The number of thiazole rings is 1. The number of ether oxygens (including phenoxy) is 2. The van der Waals surface area contributed by atoms with Crippen LogP contribution in [-0.4, -0.2) is 42.2 Å². The highest BCUT2D eigenvalue weighted by atomic mass is 32.1. The SMILES string of the molecule is CCCC[C@H](NC(=O)Cc1csc(-c2ccc(OC)c(OC)c2)n1)C(=O)O. The van der Waals surface area contributed by atoms with Crippen LogP contribution in [0.15, 0.2) is 23.6 Å². The van der Waals surface area contributed by atoms with E-state index in [1.807, 2.05) is 19.1 Å². The Balaban J connectivity index is 2.05. The number of rotatable bonds is 10. The summed E-state index contributed by atoms with van der Waals surface area (Å²) in [4.78, 5) is 27.9. The van der Waals surface area contributed by atoms with Gasteiger partial charge in [0.05, 0.1) is 26.3 Å². The first-order valence-corrected chi connectivity index (χ1v) is 9.55. The fraction of sp³-hybridized carbons (Fsp3) is 0.421. The van der Waals surface area contributed by atoms with Crippen molar-refractivity contribution in [2.45, 2.75) is 38.6 Å². The predicted molar refractivity (Wildman–Crippen MR) is 103 cm³/mol. The van der Waals surface area contributed by atoms with Gasteiger partial charge in [-0.2, -0.15) is 0 Å². The Morgan fingerprint density at radius 1 is 1.26 bits per heavy atom. The van der Waals surface area contributed by atoms with Crippen LogP contribution in [0.3, 0.4) is 0 Å². The number of hydrogen-bond acceptors (Lipinski definition) is 6. The highest BCUT2D eigenvalue weighted by molar-refractivity contribution is 7.13. The molecule has 1 atom stereocenters. The number of carboxylic acid groups (broad SMARTS) is 1. The molecule has 1 aromatic carbocycles. The number of nitrogens with one attached hydrogen (secondary N) is 1. The van der Waals surface area contributed by atoms with E-state index in [1.54, 1.807) is 25.7 Å². The Bertz CT molecular complexity index is 790. The van der Waals surface area contributed by atoms with Crippen molar-refractivity contribution in [3.8, 4) is 22.1 Å². The molecule has 2 rings (SSSR count). The van der Waals surface area contributed by atoms with Crippen LogP contribution in [0.5, 0.6) is 11.5 Å². The van der Waals surface area contributed by atoms with Gasteiger partial charge in [-0.25, -0.2) is 9.78 Å². The normalized spacial score (nSPS) is 11.7. The molecule has 0 aliphatic heterocycles. The van der Waals surface area contributed by atoms with Gasteiger partial charge in [0, 0.05) is 10.9 Å². The molecule has 0 saturated heterocycles. The molecule has 1 aromatic heterocycles. The number of carbonyl (C=O) groups excluding carboxylic acids is 1. The van der Waals surface area contributed by atoms with E-state index in [2.05, 4.69) is 10.3 Å². The van der Waals surface area contributed by atoms with Crippen LogP contribution in [0, 0.1) is 0 Å². The third-order valence-electron chi connectivity index (χ3n) is 4.00. The van der Waals surface area contributed by atoms with E-state index in [-0.39, 0.29) is 12.3 Å². The molecule has 0 spiro atoms. The predicted octanol–water partition coefficient (Wildman–Crippen LogP) is 3.13. The molecule has 2 N–H and O–H groups in total. The molecule has 8 heteroatoms. The van der Waals surface area contributed by atoms with Crippen LogP contribution in [0.25, 0.3) is 10.6 Å². The highest BCUT2D eigenvalue weighted by Crippen LogP contribution is 2.33. The Kier molecular flexibility index (Phi) is 7.60. The standard InChI is InChI=1S/C19H24N2O5S/c1-4-5-6-14(19(23)24)21-17(22)10-13-11-27-18(20-13)12-7-8-15(25-2)16(9-12)26-3/h7-9,11,14H,4-6,10H2,1-3H3,(H,21,22)(H,23,24)/t14-/m0/s1. The van der Waals surface area contributed by atoms with Gasteiger partial charge in [-0.15, -0.1) is 11.3 Å². The second-order valence-electron chi connectivity index (χ2n) is 5.99. The van der Waals surface area contributed by atoms with Gasteiger partial charge < -0.3 is 19.9 Å². The largest absolute Gasteiger partial charge is 0.493 e. The average molecular weight is 392 g/mol. The number of nitrogens with zero attached hydrogens (tertiary/aromatic N) is 1. The monoisotopic (exact) mass is 392 g/mol. The van der Waals surface area contributed by atoms with E-state index < -0.39 is 12.0 Å². The molecular weight excluding hydrogens is 368 g/mol. The van der Waals surface area contributed by atoms with Crippen molar-refractivity contribution in [1.82, 2.24) is 10.3 Å². The zero-order valence-electron chi connectivity index (χ0n) is 15.7. The number of benzene rings is 1. The van der Waals surface area contributed by atoms with Gasteiger partial charge in [0.2, 0.25) is 5.91 Å². The molecule has 0 bridgehead atoms. The Morgan fingerprint density at radius 3 is 2.63 bits per heavy atom. The fourth-order valence-electron chi connectivity index (χ4n) is 2.57. The lowest BCUT2D eigenvalue weighted by Gasteiger charge is -2.13. The maximum atomic E-state index is 12.2. The zero-order valence-corrected chi connectivity index (χ0v) is 16.5. The average Bonchev–Trinajstić information content (AvgIpc) is 3.12. The Labute approximate surface area is 162 Å². The van der Waals surface area contributed by atoms with Gasteiger partial charge >= 0.3 is 5.97 Å². The molecule has 0 unspecified atom stereocenters. The van der Waals surface area contributed by atoms with Crippen molar-refractivity contribution >= 4 is 23.2 Å². The number of carbonyl (C=O) groups is 2. The first kappa shape index (κ1) is 20.7. The summed E-state index contributed by atoms with van der Waals surface area (Å²) in [5.74, 6) is -0.127. The van der Waals surface area contributed by atoms with Crippen molar-refractivity contribution in [3.63, 3.8) is 0 Å². The number of carboxylic acids is 1. The van der Waals surface area contributed by atoms with Gasteiger partial charge in [-0.3, -0.25) is 4.79 Å². The van der Waals surface area contributed by atoms with Crippen LogP contribution >= 0.6 is 11.3 Å². The molecule has 7 nitrogen and oxygen atoms in total. The van der Waals surface area contributed by atoms with Gasteiger partial charge in [0.25, 0.3) is 0 Å². The van der Waals surface area contributed by atoms with E-state index in [1.165, 1.54) is 11.3 Å². The van der Waals surface area contributed by atoms with E-state index >= 15 is 0 Å². The summed E-state index contributed by atoms with van der Waals surface area (Å²) < 4.78 is 10.5. The highest BCUT2D eigenvalue weighted by Gasteiger charge is 2.20. The van der Waals surface area contributed by atoms with Crippen molar-refractivity contribution in [1.29, 1.82) is 0 Å². The summed E-state index contributed by atoms with van der Waals surface area (Å²) in [6.07, 6.45) is 2.09. The van der Waals surface area contributed by atoms with Gasteiger partial charge in [0.1, 0.15) is 11.0 Å². The molecule has 0 aliphatic rings. The van der Waals surface area contributed by atoms with Crippen LogP contribution in [0.4, 0.5) is 0 Å². The number of aromatic nitrogens is 1. The van der Waals surface area contributed by atoms with E-state index in [9.17, 15) is 14.7 Å². The minimum absolute atomic E-state index is 0.0414. The molecule has 146 valence electrons. The lowest BCUT2D eigenvalue weighted by Crippen LogP contribution is -2.41.